The van der Waals surface area contributed by atoms with E-state index in [4.69, 9.17) is 4.74 Å². The van der Waals surface area contributed by atoms with Crippen LogP contribution in [-0.2, 0) is 27.2 Å². The molecule has 0 radical (unpaired) electrons. The van der Waals surface area contributed by atoms with E-state index in [9.17, 15) is 18.8 Å². The lowest BCUT2D eigenvalue weighted by Crippen LogP contribution is -2.58. The summed E-state index contributed by atoms with van der Waals surface area (Å²) in [5.74, 6) is -0.663. The first-order valence-corrected chi connectivity index (χ1v) is 12.7. The van der Waals surface area contributed by atoms with Crippen molar-refractivity contribution >= 4 is 17.8 Å². The molecule has 2 unspecified atom stereocenters. The monoisotopic (exact) mass is 493 g/mol. The summed E-state index contributed by atoms with van der Waals surface area (Å²) in [6, 6.07) is 13.4. The number of likely N-dealkylation sites (tertiary alicyclic amines) is 1. The Balaban J connectivity index is 1.34. The largest absolute Gasteiger partial charge is 0.379 e. The van der Waals surface area contributed by atoms with Gasteiger partial charge in [-0.15, -0.1) is 0 Å². The topological polar surface area (TPSA) is 79.0 Å². The summed E-state index contributed by atoms with van der Waals surface area (Å²) in [5, 5.41) is 3.05. The SMILES string of the molecule is Cc1cccc(CC(=O)N2CCC(C3(Cc4ccc(F)cc4)NC(=O)N(C4CCOC4)C3=O)CC2)c1. The molecule has 2 atom stereocenters. The van der Waals surface area contributed by atoms with Crippen molar-refractivity contribution in [3.8, 4) is 0 Å². The number of hydrogen-bond acceptors (Lipinski definition) is 4. The molecular formula is C28H32FN3O4. The number of nitrogens with one attached hydrogen (secondary N) is 1. The third kappa shape index (κ3) is 4.74. The molecule has 4 amide bonds. The highest BCUT2D eigenvalue weighted by molar-refractivity contribution is 6.07. The van der Waals surface area contributed by atoms with Gasteiger partial charge in [-0.3, -0.25) is 14.5 Å². The van der Waals surface area contributed by atoms with Gasteiger partial charge in [0.25, 0.3) is 5.91 Å². The van der Waals surface area contributed by atoms with Gasteiger partial charge in [0.2, 0.25) is 5.91 Å². The number of rotatable bonds is 6. The maximum absolute atomic E-state index is 13.9. The lowest BCUT2D eigenvalue weighted by molar-refractivity contribution is -0.137. The molecule has 3 aliphatic heterocycles. The molecule has 3 fully saturated rings. The maximum atomic E-state index is 13.9. The van der Waals surface area contributed by atoms with Gasteiger partial charge < -0.3 is 15.0 Å². The van der Waals surface area contributed by atoms with E-state index >= 15 is 0 Å². The highest BCUT2D eigenvalue weighted by Gasteiger charge is 2.57. The standard InChI is InChI=1S/C28H32FN3O4/c1-19-3-2-4-21(15-19)16-25(33)31-12-9-22(10-13-31)28(17-20-5-7-23(29)8-6-20)26(34)32(27(35)30-28)24-11-14-36-18-24/h2-8,15,22,24H,9-14,16-18H2,1H3,(H,30,35). The summed E-state index contributed by atoms with van der Waals surface area (Å²) in [5.41, 5.74) is 1.77. The normalized spacial score (nSPS) is 24.9. The van der Waals surface area contributed by atoms with Crippen LogP contribution in [0.15, 0.2) is 48.5 Å². The van der Waals surface area contributed by atoms with E-state index in [2.05, 4.69) is 5.32 Å². The molecule has 0 bridgehead atoms. The van der Waals surface area contributed by atoms with Crippen LogP contribution in [0, 0.1) is 18.7 Å². The number of carbonyl (C=O) groups excluding carboxylic acids is 3. The quantitative estimate of drug-likeness (QED) is 0.627. The van der Waals surface area contributed by atoms with E-state index in [1.165, 1.54) is 17.0 Å². The van der Waals surface area contributed by atoms with Gasteiger partial charge in [0, 0.05) is 26.1 Å². The highest BCUT2D eigenvalue weighted by atomic mass is 19.1. The second kappa shape index (κ2) is 10.0. The van der Waals surface area contributed by atoms with Gasteiger partial charge in [0.05, 0.1) is 19.1 Å². The molecule has 3 heterocycles. The van der Waals surface area contributed by atoms with Gasteiger partial charge in [-0.1, -0.05) is 42.0 Å². The van der Waals surface area contributed by atoms with Gasteiger partial charge in [0.1, 0.15) is 11.4 Å². The second-order valence-electron chi connectivity index (χ2n) is 10.2. The molecule has 0 spiro atoms. The lowest BCUT2D eigenvalue weighted by Gasteiger charge is -2.41. The Labute approximate surface area is 210 Å². The summed E-state index contributed by atoms with van der Waals surface area (Å²) in [4.78, 5) is 43.2. The zero-order chi connectivity index (χ0) is 25.3. The van der Waals surface area contributed by atoms with Crippen molar-refractivity contribution in [3.05, 3.63) is 71.0 Å². The molecule has 7 nitrogen and oxygen atoms in total. The molecule has 3 aliphatic rings. The van der Waals surface area contributed by atoms with E-state index in [-0.39, 0.29) is 36.0 Å². The molecule has 0 saturated carbocycles. The van der Waals surface area contributed by atoms with Crippen LogP contribution in [0.3, 0.4) is 0 Å². The number of amides is 4. The van der Waals surface area contributed by atoms with Crippen molar-refractivity contribution in [3.63, 3.8) is 0 Å². The first kappa shape index (κ1) is 24.4. The van der Waals surface area contributed by atoms with Gasteiger partial charge in [-0.25, -0.2) is 9.18 Å². The Morgan fingerprint density at radius 3 is 2.50 bits per heavy atom. The first-order chi connectivity index (χ1) is 17.4. The number of nitrogens with zero attached hydrogens (tertiary/aromatic N) is 2. The zero-order valence-electron chi connectivity index (χ0n) is 20.5. The van der Waals surface area contributed by atoms with Gasteiger partial charge in [-0.2, -0.15) is 0 Å². The van der Waals surface area contributed by atoms with Crippen molar-refractivity contribution < 1.29 is 23.5 Å². The third-order valence-electron chi connectivity index (χ3n) is 7.80. The van der Waals surface area contributed by atoms with Crippen LogP contribution in [0.25, 0.3) is 0 Å². The summed E-state index contributed by atoms with van der Waals surface area (Å²) < 4.78 is 19.0. The molecule has 2 aromatic rings. The van der Waals surface area contributed by atoms with E-state index in [0.29, 0.717) is 52.0 Å². The zero-order valence-corrected chi connectivity index (χ0v) is 20.5. The molecule has 5 rings (SSSR count). The van der Waals surface area contributed by atoms with Crippen LogP contribution in [-0.4, -0.2) is 65.5 Å². The number of carbonyl (C=O) groups is 3. The van der Waals surface area contributed by atoms with Crippen molar-refractivity contribution in [1.29, 1.82) is 0 Å². The van der Waals surface area contributed by atoms with Crippen LogP contribution in [0.2, 0.25) is 0 Å². The predicted molar refractivity (Wildman–Crippen MR) is 132 cm³/mol. The minimum absolute atomic E-state index is 0.0677. The van der Waals surface area contributed by atoms with Crippen LogP contribution in [0.5, 0.6) is 0 Å². The molecule has 8 heteroatoms. The molecule has 36 heavy (non-hydrogen) atoms. The number of urea groups is 1. The van der Waals surface area contributed by atoms with E-state index in [1.807, 2.05) is 36.1 Å². The molecular weight excluding hydrogens is 461 g/mol. The van der Waals surface area contributed by atoms with Crippen LogP contribution < -0.4 is 5.32 Å². The lowest BCUT2D eigenvalue weighted by atomic mass is 9.73. The van der Waals surface area contributed by atoms with E-state index < -0.39 is 11.6 Å². The minimum atomic E-state index is -1.12. The number of piperidine rings is 1. The third-order valence-corrected chi connectivity index (χ3v) is 7.80. The Morgan fingerprint density at radius 2 is 1.83 bits per heavy atom. The maximum Gasteiger partial charge on any atom is 0.325 e. The number of aryl methyl sites for hydroxylation is 1. The molecule has 3 saturated heterocycles. The number of benzene rings is 2. The fourth-order valence-corrected chi connectivity index (χ4v) is 5.86. The van der Waals surface area contributed by atoms with Crippen molar-refractivity contribution in [2.75, 3.05) is 26.3 Å². The average Bonchev–Trinajstić information content (AvgIpc) is 3.47. The minimum Gasteiger partial charge on any atom is -0.379 e. The average molecular weight is 494 g/mol. The number of hydrogen-bond donors (Lipinski definition) is 1. The first-order valence-electron chi connectivity index (χ1n) is 12.7. The summed E-state index contributed by atoms with van der Waals surface area (Å²) >= 11 is 0. The highest BCUT2D eigenvalue weighted by Crippen LogP contribution is 2.38. The smallest absolute Gasteiger partial charge is 0.325 e. The Morgan fingerprint density at radius 1 is 1.08 bits per heavy atom. The molecule has 0 aromatic heterocycles. The van der Waals surface area contributed by atoms with Gasteiger partial charge >= 0.3 is 6.03 Å². The Bertz CT molecular complexity index is 1140. The van der Waals surface area contributed by atoms with Crippen LogP contribution in [0.4, 0.5) is 9.18 Å². The van der Waals surface area contributed by atoms with Crippen molar-refractivity contribution in [1.82, 2.24) is 15.1 Å². The molecule has 2 aromatic carbocycles. The molecule has 190 valence electrons. The summed E-state index contributed by atoms with van der Waals surface area (Å²) in [6.07, 6.45) is 2.45. The van der Waals surface area contributed by atoms with Crippen LogP contribution >= 0.6 is 0 Å². The Kier molecular flexibility index (Phi) is 6.79. The number of ether oxygens (including phenoxy) is 1. The van der Waals surface area contributed by atoms with Crippen molar-refractivity contribution in [2.24, 2.45) is 5.92 Å². The second-order valence-corrected chi connectivity index (χ2v) is 10.2. The van der Waals surface area contributed by atoms with Gasteiger partial charge in [0.15, 0.2) is 0 Å². The van der Waals surface area contributed by atoms with Crippen LogP contribution in [0.1, 0.15) is 36.0 Å². The molecule has 1 N–H and O–H groups in total. The van der Waals surface area contributed by atoms with Gasteiger partial charge in [-0.05, 0) is 55.4 Å². The van der Waals surface area contributed by atoms with Crippen molar-refractivity contribution in [2.45, 2.75) is 50.6 Å². The fraction of sp³-hybridized carbons (Fsp3) is 0.464. The predicted octanol–water partition coefficient (Wildman–Crippen LogP) is 3.24. The number of halogens is 1. The summed E-state index contributed by atoms with van der Waals surface area (Å²) in [7, 11) is 0. The Hall–Kier alpha value is -3.26. The summed E-state index contributed by atoms with van der Waals surface area (Å²) in [6.45, 7) is 3.92. The fourth-order valence-electron chi connectivity index (χ4n) is 5.86. The van der Waals surface area contributed by atoms with E-state index in [0.717, 1.165) is 16.7 Å². The number of imide groups is 1. The molecule has 0 aliphatic carbocycles. The van der Waals surface area contributed by atoms with E-state index in [1.54, 1.807) is 12.1 Å².